The smallest absolute Gasteiger partial charge is 0.337 e. The third-order valence-corrected chi connectivity index (χ3v) is 2.72. The number of aromatic carboxylic acids is 1. The van der Waals surface area contributed by atoms with Crippen LogP contribution in [0, 0.1) is 5.82 Å². The molecular formula is C11H8FNO2S. The molecule has 2 aromatic rings. The minimum atomic E-state index is -1.16. The average molecular weight is 237 g/mol. The quantitative estimate of drug-likeness (QED) is 0.860. The molecule has 0 amide bonds. The Labute approximate surface area is 95.2 Å². The third-order valence-electron chi connectivity index (χ3n) is 2.03. The van der Waals surface area contributed by atoms with Crippen molar-refractivity contribution in [3.05, 3.63) is 46.4 Å². The molecule has 5 heteroatoms. The number of nitrogens with one attached hydrogen (secondary N) is 1. The van der Waals surface area contributed by atoms with E-state index in [9.17, 15) is 9.18 Å². The molecule has 1 aromatic heterocycles. The van der Waals surface area contributed by atoms with Gasteiger partial charge in [0.05, 0.1) is 11.3 Å². The van der Waals surface area contributed by atoms with E-state index in [1.807, 2.05) is 5.38 Å². The fourth-order valence-corrected chi connectivity index (χ4v) is 1.90. The maximum Gasteiger partial charge on any atom is 0.337 e. The molecule has 0 fully saturated rings. The summed E-state index contributed by atoms with van der Waals surface area (Å²) in [5.41, 5.74) is 0.595. The third kappa shape index (κ3) is 2.04. The second-order valence-electron chi connectivity index (χ2n) is 3.10. The number of carboxylic acids is 1. The van der Waals surface area contributed by atoms with Crippen LogP contribution in [-0.2, 0) is 0 Å². The van der Waals surface area contributed by atoms with Crippen molar-refractivity contribution in [2.75, 3.05) is 5.32 Å². The van der Waals surface area contributed by atoms with Crippen molar-refractivity contribution in [3.8, 4) is 0 Å². The van der Waals surface area contributed by atoms with Crippen molar-refractivity contribution in [3.63, 3.8) is 0 Å². The summed E-state index contributed by atoms with van der Waals surface area (Å²) in [5, 5.41) is 15.3. The van der Waals surface area contributed by atoms with Crippen molar-refractivity contribution in [1.82, 2.24) is 0 Å². The highest BCUT2D eigenvalue weighted by Gasteiger charge is 2.14. The maximum absolute atomic E-state index is 13.5. The Morgan fingerprint density at radius 3 is 2.81 bits per heavy atom. The Hall–Kier alpha value is -1.88. The molecule has 0 spiro atoms. The molecule has 0 saturated carbocycles. The zero-order valence-electron chi connectivity index (χ0n) is 8.11. The number of hydrogen-bond acceptors (Lipinski definition) is 3. The van der Waals surface area contributed by atoms with Gasteiger partial charge in [-0.25, -0.2) is 9.18 Å². The molecule has 1 heterocycles. The molecule has 3 nitrogen and oxygen atoms in total. The average Bonchev–Trinajstić information content (AvgIpc) is 2.73. The van der Waals surface area contributed by atoms with Crippen LogP contribution in [0.3, 0.4) is 0 Å². The number of hydrogen-bond donors (Lipinski definition) is 2. The van der Waals surface area contributed by atoms with Crippen molar-refractivity contribution in [2.45, 2.75) is 0 Å². The first-order chi connectivity index (χ1) is 7.68. The lowest BCUT2D eigenvalue weighted by molar-refractivity contribution is 0.0697. The first-order valence-electron chi connectivity index (χ1n) is 4.49. The van der Waals surface area contributed by atoms with Gasteiger partial charge in [-0.1, -0.05) is 6.07 Å². The van der Waals surface area contributed by atoms with Gasteiger partial charge < -0.3 is 10.4 Å². The zero-order chi connectivity index (χ0) is 11.5. The topological polar surface area (TPSA) is 49.3 Å². The van der Waals surface area contributed by atoms with Crippen molar-refractivity contribution in [2.24, 2.45) is 0 Å². The lowest BCUT2D eigenvalue weighted by Crippen LogP contribution is -2.04. The predicted molar refractivity (Wildman–Crippen MR) is 61.0 cm³/mol. The van der Waals surface area contributed by atoms with Crippen molar-refractivity contribution in [1.29, 1.82) is 0 Å². The minimum absolute atomic E-state index is 0.00611. The van der Waals surface area contributed by atoms with Crippen molar-refractivity contribution < 1.29 is 14.3 Å². The molecule has 0 atom stereocenters. The van der Waals surface area contributed by atoms with E-state index in [1.54, 1.807) is 11.4 Å². The molecule has 0 radical (unpaired) electrons. The SMILES string of the molecule is O=C(O)c1cccc(F)c1Nc1ccsc1. The van der Waals surface area contributed by atoms with Crippen molar-refractivity contribution >= 4 is 28.7 Å². The summed E-state index contributed by atoms with van der Waals surface area (Å²) in [7, 11) is 0. The van der Waals surface area contributed by atoms with Crippen LogP contribution in [0.25, 0.3) is 0 Å². The van der Waals surface area contributed by atoms with Gasteiger partial charge in [-0.05, 0) is 23.6 Å². The van der Waals surface area contributed by atoms with E-state index in [-0.39, 0.29) is 11.3 Å². The highest BCUT2D eigenvalue weighted by Crippen LogP contribution is 2.25. The van der Waals surface area contributed by atoms with Gasteiger partial charge in [0.2, 0.25) is 0 Å². The number of para-hydroxylation sites is 1. The van der Waals surface area contributed by atoms with E-state index in [1.165, 1.54) is 29.5 Å². The summed E-state index contributed by atoms with van der Waals surface area (Å²) in [6.07, 6.45) is 0. The molecule has 0 aliphatic rings. The molecule has 2 N–H and O–H groups in total. The second kappa shape index (κ2) is 4.32. The fraction of sp³-hybridized carbons (Fsp3) is 0. The summed E-state index contributed by atoms with van der Waals surface area (Å²) in [5.74, 6) is -1.73. The summed E-state index contributed by atoms with van der Waals surface area (Å²) in [6.45, 7) is 0. The van der Waals surface area contributed by atoms with E-state index in [4.69, 9.17) is 5.11 Å². The van der Waals surface area contributed by atoms with Crippen LogP contribution in [0.5, 0.6) is 0 Å². The molecular weight excluding hydrogens is 229 g/mol. The summed E-state index contributed by atoms with van der Waals surface area (Å²) in [6, 6.07) is 5.71. The molecule has 0 aliphatic carbocycles. The van der Waals surface area contributed by atoms with Crippen LogP contribution >= 0.6 is 11.3 Å². The maximum atomic E-state index is 13.5. The Morgan fingerprint density at radius 1 is 1.38 bits per heavy atom. The van der Waals surface area contributed by atoms with Gasteiger partial charge in [0.15, 0.2) is 0 Å². The summed E-state index contributed by atoms with van der Waals surface area (Å²) in [4.78, 5) is 10.9. The van der Waals surface area contributed by atoms with Gasteiger partial charge in [-0.15, -0.1) is 0 Å². The standard InChI is InChI=1S/C11H8FNO2S/c12-9-3-1-2-8(11(14)15)10(9)13-7-4-5-16-6-7/h1-6,13H,(H,14,15). The normalized spacial score (nSPS) is 10.1. The number of thiophene rings is 1. The van der Waals surface area contributed by atoms with Gasteiger partial charge in [0.25, 0.3) is 0 Å². The molecule has 2 rings (SSSR count). The number of halogens is 1. The molecule has 0 bridgehead atoms. The number of carbonyl (C=O) groups is 1. The molecule has 0 saturated heterocycles. The Kier molecular flexibility index (Phi) is 2.87. The summed E-state index contributed by atoms with van der Waals surface area (Å²) >= 11 is 1.45. The zero-order valence-corrected chi connectivity index (χ0v) is 8.92. The Bertz CT molecular complexity index is 511. The second-order valence-corrected chi connectivity index (χ2v) is 3.88. The van der Waals surface area contributed by atoms with Crippen LogP contribution < -0.4 is 5.32 Å². The van der Waals surface area contributed by atoms with E-state index >= 15 is 0 Å². The number of anilines is 2. The minimum Gasteiger partial charge on any atom is -0.478 e. The molecule has 0 unspecified atom stereocenters. The van der Waals surface area contributed by atoms with Crippen LogP contribution in [0.15, 0.2) is 35.0 Å². The van der Waals surface area contributed by atoms with E-state index in [0.29, 0.717) is 5.69 Å². The van der Waals surface area contributed by atoms with E-state index < -0.39 is 11.8 Å². The number of benzene rings is 1. The lowest BCUT2D eigenvalue weighted by Gasteiger charge is -2.08. The Morgan fingerprint density at radius 2 is 2.19 bits per heavy atom. The number of carboxylic acid groups (broad SMARTS) is 1. The lowest BCUT2D eigenvalue weighted by atomic mass is 10.1. The van der Waals surface area contributed by atoms with Crippen LogP contribution in [0.1, 0.15) is 10.4 Å². The highest BCUT2D eigenvalue weighted by atomic mass is 32.1. The van der Waals surface area contributed by atoms with E-state index in [0.717, 1.165) is 0 Å². The van der Waals surface area contributed by atoms with Gasteiger partial charge in [-0.2, -0.15) is 11.3 Å². The van der Waals surface area contributed by atoms with E-state index in [2.05, 4.69) is 5.32 Å². The monoisotopic (exact) mass is 237 g/mol. The highest BCUT2D eigenvalue weighted by molar-refractivity contribution is 7.08. The van der Waals surface area contributed by atoms with Crippen LogP contribution in [0.4, 0.5) is 15.8 Å². The van der Waals surface area contributed by atoms with Crippen LogP contribution in [0.2, 0.25) is 0 Å². The fourth-order valence-electron chi connectivity index (χ4n) is 1.31. The van der Waals surface area contributed by atoms with Gasteiger partial charge >= 0.3 is 5.97 Å². The number of rotatable bonds is 3. The first-order valence-corrected chi connectivity index (χ1v) is 5.44. The molecule has 82 valence electrons. The van der Waals surface area contributed by atoms with Gasteiger partial charge in [0.1, 0.15) is 5.82 Å². The molecule has 16 heavy (non-hydrogen) atoms. The van der Waals surface area contributed by atoms with Gasteiger partial charge in [-0.3, -0.25) is 0 Å². The predicted octanol–water partition coefficient (Wildman–Crippen LogP) is 3.33. The molecule has 0 aliphatic heterocycles. The van der Waals surface area contributed by atoms with Gasteiger partial charge in [0, 0.05) is 11.1 Å². The first kappa shape index (κ1) is 10.6. The molecule has 1 aromatic carbocycles. The Balaban J connectivity index is 2.42. The largest absolute Gasteiger partial charge is 0.478 e. The summed E-state index contributed by atoms with van der Waals surface area (Å²) < 4.78 is 13.5. The van der Waals surface area contributed by atoms with Crippen LogP contribution in [-0.4, -0.2) is 11.1 Å².